The maximum Gasteiger partial charge on any atom is 0.336 e. The molecular weight excluding hydrogens is 861 g/mol. The van der Waals surface area contributed by atoms with E-state index < -0.39 is 54.9 Å². The molecule has 0 aromatic heterocycles. The summed E-state index contributed by atoms with van der Waals surface area (Å²) in [6, 6.07) is 29.7. The van der Waals surface area contributed by atoms with Crippen molar-refractivity contribution in [1.29, 1.82) is 0 Å². The zero-order valence-corrected chi connectivity index (χ0v) is 35.7. The van der Waals surface area contributed by atoms with Gasteiger partial charge in [-0.25, -0.2) is 17.4 Å². The van der Waals surface area contributed by atoms with Crippen molar-refractivity contribution in [2.24, 2.45) is 5.92 Å². The molecule has 2 N–H and O–H groups in total. The van der Waals surface area contributed by atoms with Crippen LogP contribution in [0.2, 0.25) is 0 Å². The second-order valence-electron chi connectivity index (χ2n) is 14.8. The third-order valence-electron chi connectivity index (χ3n) is 11.2. The van der Waals surface area contributed by atoms with Crippen LogP contribution >= 0.6 is 0 Å². The normalized spacial score (nSPS) is 16.5. The standard InChI is InChI=1S/C43H38N4O12S3/c1-44(28-7-13-32(14-8-28)60(51)52)30-11-17-34-37(25-30)58-38-26-31(45(2)29-9-15-33(16-10-29)62(55,56)57)12-18-35(38)42(34)36-5-3-4-6-39(36)61(53,54)46-23-21-27(22-24-46)43(50)59-47-40(48)19-20-41(47)49/h3-18,25-27H,19-24H2,1-2H3,(H-,51,52,55,56,57)/p+1. The fourth-order valence-electron chi connectivity index (χ4n) is 7.69. The number of sulfonamides is 1. The highest BCUT2D eigenvalue weighted by Crippen LogP contribution is 2.44. The van der Waals surface area contributed by atoms with E-state index in [-0.39, 0.29) is 53.5 Å². The maximum absolute atomic E-state index is 14.6. The number of hydrogen-bond acceptors (Lipinski definition) is 11. The summed E-state index contributed by atoms with van der Waals surface area (Å²) in [4.78, 5) is 43.9. The summed E-state index contributed by atoms with van der Waals surface area (Å²) in [5.74, 6) is -2.27. The zero-order valence-electron chi connectivity index (χ0n) is 33.2. The fraction of sp³-hybridized carbons (Fsp3) is 0.209. The summed E-state index contributed by atoms with van der Waals surface area (Å²) in [6.07, 6.45) is 0.136. The van der Waals surface area contributed by atoms with Gasteiger partial charge in [0.05, 0.1) is 26.7 Å². The van der Waals surface area contributed by atoms with Crippen molar-refractivity contribution in [3.05, 3.63) is 115 Å². The third-order valence-corrected chi connectivity index (χ3v) is 14.7. The molecule has 0 spiro atoms. The van der Waals surface area contributed by atoms with Crippen LogP contribution < -0.4 is 14.8 Å². The molecule has 4 aromatic carbocycles. The summed E-state index contributed by atoms with van der Waals surface area (Å²) in [6.45, 7) is -0.0362. The van der Waals surface area contributed by atoms with E-state index in [0.717, 1.165) is 5.69 Å². The van der Waals surface area contributed by atoms with Crippen molar-refractivity contribution in [2.75, 3.05) is 32.1 Å². The summed E-state index contributed by atoms with van der Waals surface area (Å²) >= 11 is -2.15. The predicted octanol–water partition coefficient (Wildman–Crippen LogP) is 5.54. The van der Waals surface area contributed by atoms with Gasteiger partial charge in [-0.15, -0.1) is 5.06 Å². The zero-order chi connectivity index (χ0) is 44.1. The molecule has 8 rings (SSSR count). The van der Waals surface area contributed by atoms with E-state index in [0.29, 0.717) is 55.2 Å². The minimum absolute atomic E-state index is 0.0181. The monoisotopic (exact) mass is 899 g/mol. The molecule has 3 aliphatic heterocycles. The number of carbonyl (C=O) groups is 3. The number of nitrogens with zero attached hydrogens (tertiary/aromatic N) is 4. The first kappa shape index (κ1) is 42.6. The molecule has 0 radical (unpaired) electrons. The van der Waals surface area contributed by atoms with Crippen molar-refractivity contribution >= 4 is 77.0 Å². The van der Waals surface area contributed by atoms with Crippen LogP contribution in [0.1, 0.15) is 25.7 Å². The van der Waals surface area contributed by atoms with E-state index in [4.69, 9.17) is 9.25 Å². The molecule has 2 fully saturated rings. The first-order valence-corrected chi connectivity index (χ1v) is 23.3. The highest BCUT2D eigenvalue weighted by atomic mass is 32.2. The summed E-state index contributed by atoms with van der Waals surface area (Å²) in [7, 11) is -5.00. The Labute approximate surface area is 358 Å². The van der Waals surface area contributed by atoms with Crippen LogP contribution in [0.4, 0.5) is 17.1 Å². The third kappa shape index (κ3) is 8.17. The van der Waals surface area contributed by atoms with E-state index in [1.54, 1.807) is 72.6 Å². The summed E-state index contributed by atoms with van der Waals surface area (Å²) in [5.41, 5.74) is 3.90. The summed E-state index contributed by atoms with van der Waals surface area (Å²) < 4.78 is 93.1. The molecule has 0 saturated carbocycles. The van der Waals surface area contributed by atoms with Gasteiger partial charge in [-0.1, -0.05) is 18.2 Å². The lowest BCUT2D eigenvalue weighted by Gasteiger charge is -2.31. The minimum atomic E-state index is -4.40. The number of rotatable bonds is 10. The van der Waals surface area contributed by atoms with Gasteiger partial charge in [0.15, 0.2) is 11.1 Å². The van der Waals surface area contributed by atoms with E-state index in [1.807, 2.05) is 42.0 Å². The molecule has 0 bridgehead atoms. The number of fused-ring (bicyclic) bond motifs is 2. The van der Waals surface area contributed by atoms with Crippen LogP contribution in [0.25, 0.3) is 33.4 Å². The van der Waals surface area contributed by atoms with Gasteiger partial charge >= 0.3 is 5.97 Å². The molecule has 320 valence electrons. The number of hydroxylamine groups is 2. The van der Waals surface area contributed by atoms with Crippen molar-refractivity contribution in [3.63, 3.8) is 0 Å². The predicted molar refractivity (Wildman–Crippen MR) is 228 cm³/mol. The number of piperidine rings is 1. The van der Waals surface area contributed by atoms with Crippen LogP contribution in [-0.2, 0) is 50.4 Å². The lowest BCUT2D eigenvalue weighted by molar-refractivity contribution is -0.201. The lowest BCUT2D eigenvalue weighted by atomic mass is 9.93. The Balaban J connectivity index is 1.21. The van der Waals surface area contributed by atoms with Gasteiger partial charge in [0.2, 0.25) is 21.1 Å². The van der Waals surface area contributed by atoms with Gasteiger partial charge in [0.1, 0.15) is 18.4 Å². The Morgan fingerprint density at radius 1 is 0.839 bits per heavy atom. The molecular formula is C43H39N4O12S3+. The Bertz CT molecular complexity index is 3060. The minimum Gasteiger partial charge on any atom is -0.456 e. The molecule has 1 aliphatic carbocycles. The van der Waals surface area contributed by atoms with Gasteiger partial charge in [0, 0.05) is 90.7 Å². The van der Waals surface area contributed by atoms with Gasteiger partial charge in [-0.05, 0) is 73.5 Å². The van der Waals surface area contributed by atoms with Crippen LogP contribution in [0.3, 0.4) is 0 Å². The second-order valence-corrected chi connectivity index (χ2v) is 19.1. The van der Waals surface area contributed by atoms with Crippen LogP contribution in [0.15, 0.2) is 128 Å². The quantitative estimate of drug-likeness (QED) is 0.0569. The molecule has 4 aliphatic rings. The largest absolute Gasteiger partial charge is 0.456 e. The number of amides is 2. The highest BCUT2D eigenvalue weighted by Gasteiger charge is 2.38. The van der Waals surface area contributed by atoms with Gasteiger partial charge < -0.3 is 18.7 Å². The van der Waals surface area contributed by atoms with Gasteiger partial charge in [-0.2, -0.15) is 17.3 Å². The Morgan fingerprint density at radius 3 is 2.13 bits per heavy atom. The molecule has 19 heteroatoms. The molecule has 2 saturated heterocycles. The SMILES string of the molecule is CN(c1ccc(S(=O)(=O)O)cc1)c1ccc2c(-c3ccccc3S(=O)(=O)N3CCC(C(=O)ON4C(=O)CCC4=O)CC3)c3ccc(=[N+](C)c4ccc(S(=O)O)cc4)cc-3oc2c1. The molecule has 3 heterocycles. The van der Waals surface area contributed by atoms with Gasteiger partial charge in [-0.3, -0.25) is 14.1 Å². The van der Waals surface area contributed by atoms with Crippen LogP contribution in [0.5, 0.6) is 0 Å². The van der Waals surface area contributed by atoms with Gasteiger partial charge in [0.25, 0.3) is 21.9 Å². The average molecular weight is 900 g/mol. The molecule has 62 heavy (non-hydrogen) atoms. The van der Waals surface area contributed by atoms with E-state index in [2.05, 4.69) is 0 Å². The molecule has 4 aromatic rings. The molecule has 1 unspecified atom stereocenters. The smallest absolute Gasteiger partial charge is 0.336 e. The molecule has 16 nitrogen and oxygen atoms in total. The topological polar surface area (TPSA) is 212 Å². The molecule has 1 atom stereocenters. The second kappa shape index (κ2) is 16.6. The number of anilines is 2. The van der Waals surface area contributed by atoms with E-state index in [9.17, 15) is 44.5 Å². The fourth-order valence-corrected chi connectivity index (χ4v) is 10.2. The lowest BCUT2D eigenvalue weighted by Crippen LogP contribution is -2.42. The number of imide groups is 1. The number of benzene rings is 5. The van der Waals surface area contributed by atoms with Crippen LogP contribution in [-0.4, -0.2) is 84.5 Å². The van der Waals surface area contributed by atoms with E-state index >= 15 is 0 Å². The highest BCUT2D eigenvalue weighted by molar-refractivity contribution is 7.89. The first-order valence-electron chi connectivity index (χ1n) is 19.3. The van der Waals surface area contributed by atoms with Crippen molar-refractivity contribution < 1.29 is 53.8 Å². The Hall–Kier alpha value is -6.09. The summed E-state index contributed by atoms with van der Waals surface area (Å²) in [5, 5.41) is 1.77. The van der Waals surface area contributed by atoms with Crippen molar-refractivity contribution in [3.8, 4) is 22.5 Å². The maximum atomic E-state index is 14.6. The van der Waals surface area contributed by atoms with E-state index in [1.165, 1.54) is 22.5 Å². The Kier molecular flexibility index (Phi) is 11.4. The molecule has 2 amide bonds. The van der Waals surface area contributed by atoms with Crippen LogP contribution in [0, 0.1) is 5.92 Å². The number of carbonyl (C=O) groups excluding carboxylic acids is 3. The Morgan fingerprint density at radius 2 is 1.48 bits per heavy atom. The average Bonchev–Trinajstić information content (AvgIpc) is 3.59. The van der Waals surface area contributed by atoms with Crippen molar-refractivity contribution in [1.82, 2.24) is 13.9 Å². The first-order chi connectivity index (χ1) is 29.5. The van der Waals surface area contributed by atoms with Crippen molar-refractivity contribution in [2.45, 2.75) is 40.4 Å². The number of hydrogen-bond donors (Lipinski definition) is 2.